The van der Waals surface area contributed by atoms with Gasteiger partial charge in [0.2, 0.25) is 5.95 Å². The Kier molecular flexibility index (Phi) is 5.62. The van der Waals surface area contributed by atoms with E-state index in [1.807, 2.05) is 0 Å². The number of alkyl halides is 3. The van der Waals surface area contributed by atoms with E-state index in [1.54, 1.807) is 31.3 Å². The minimum atomic E-state index is -4.78. The van der Waals surface area contributed by atoms with E-state index >= 15 is 0 Å². The van der Waals surface area contributed by atoms with Crippen LogP contribution >= 0.6 is 0 Å². The summed E-state index contributed by atoms with van der Waals surface area (Å²) in [5, 5.41) is 5.86. The summed E-state index contributed by atoms with van der Waals surface area (Å²) in [5.41, 5.74) is 1.54. The molecule has 0 fully saturated rings. The Morgan fingerprint density at radius 2 is 1.79 bits per heavy atom. The third-order valence-corrected chi connectivity index (χ3v) is 3.68. The van der Waals surface area contributed by atoms with Crippen molar-refractivity contribution < 1.29 is 22.3 Å². The number of ether oxygens (including phenoxy) is 1. The number of benzene rings is 2. The van der Waals surface area contributed by atoms with Crippen molar-refractivity contribution in [2.24, 2.45) is 0 Å². The standard InChI is InChI=1S/C19H16F4N4O/c1-24-18-26-16(13-5-3-7-15(9-13)28-19(21,22)23)10-17(27-18)25-11-12-4-2-6-14(20)8-12/h2-10H,11H2,1H3,(H2,24,25,26,27). The van der Waals surface area contributed by atoms with E-state index in [0.29, 0.717) is 29.2 Å². The number of anilines is 2. The lowest BCUT2D eigenvalue weighted by atomic mass is 10.1. The second-order valence-corrected chi connectivity index (χ2v) is 5.77. The minimum absolute atomic E-state index is 0.279. The summed E-state index contributed by atoms with van der Waals surface area (Å²) in [6.45, 7) is 0.314. The fourth-order valence-electron chi connectivity index (χ4n) is 2.49. The lowest BCUT2D eigenvalue weighted by Crippen LogP contribution is -2.17. The van der Waals surface area contributed by atoms with Gasteiger partial charge in [-0.1, -0.05) is 24.3 Å². The Morgan fingerprint density at radius 1 is 1.00 bits per heavy atom. The van der Waals surface area contributed by atoms with Crippen molar-refractivity contribution in [1.29, 1.82) is 0 Å². The third-order valence-electron chi connectivity index (χ3n) is 3.68. The van der Waals surface area contributed by atoms with Gasteiger partial charge in [0.15, 0.2) is 0 Å². The van der Waals surface area contributed by atoms with Crippen molar-refractivity contribution in [3.63, 3.8) is 0 Å². The smallest absolute Gasteiger partial charge is 0.406 e. The van der Waals surface area contributed by atoms with Gasteiger partial charge < -0.3 is 15.4 Å². The molecular weight excluding hydrogens is 376 g/mol. The first-order valence-corrected chi connectivity index (χ1v) is 8.24. The Hall–Kier alpha value is -3.36. The molecule has 0 atom stereocenters. The van der Waals surface area contributed by atoms with Gasteiger partial charge >= 0.3 is 6.36 Å². The van der Waals surface area contributed by atoms with Crippen molar-refractivity contribution >= 4 is 11.8 Å². The number of nitrogens with zero attached hydrogens (tertiary/aromatic N) is 2. The van der Waals surface area contributed by atoms with Gasteiger partial charge in [-0.25, -0.2) is 9.37 Å². The zero-order chi connectivity index (χ0) is 20.1. The van der Waals surface area contributed by atoms with Crippen LogP contribution in [0.25, 0.3) is 11.3 Å². The molecule has 0 radical (unpaired) electrons. The average molecular weight is 392 g/mol. The topological polar surface area (TPSA) is 59.1 Å². The zero-order valence-corrected chi connectivity index (χ0v) is 14.7. The summed E-state index contributed by atoms with van der Waals surface area (Å²) in [6.07, 6.45) is -4.78. The van der Waals surface area contributed by atoms with E-state index in [2.05, 4.69) is 25.3 Å². The van der Waals surface area contributed by atoms with Crippen molar-refractivity contribution in [2.45, 2.75) is 12.9 Å². The van der Waals surface area contributed by atoms with Gasteiger partial charge in [0.05, 0.1) is 5.69 Å². The molecule has 146 valence electrons. The van der Waals surface area contributed by atoms with Gasteiger partial charge in [-0.2, -0.15) is 4.98 Å². The molecule has 3 aromatic rings. The molecule has 0 spiro atoms. The highest BCUT2D eigenvalue weighted by Crippen LogP contribution is 2.28. The SMILES string of the molecule is CNc1nc(NCc2cccc(F)c2)cc(-c2cccc(OC(F)(F)F)c2)n1. The van der Waals surface area contributed by atoms with Crippen LogP contribution in [0.1, 0.15) is 5.56 Å². The molecule has 1 aromatic heterocycles. The summed E-state index contributed by atoms with van der Waals surface area (Å²) >= 11 is 0. The molecule has 0 unspecified atom stereocenters. The summed E-state index contributed by atoms with van der Waals surface area (Å²) in [5.74, 6) is 0.0195. The van der Waals surface area contributed by atoms with E-state index in [9.17, 15) is 17.6 Å². The maximum absolute atomic E-state index is 13.3. The normalized spacial score (nSPS) is 11.2. The van der Waals surface area contributed by atoms with Crippen LogP contribution in [-0.2, 0) is 6.54 Å². The molecular formula is C19H16F4N4O. The Morgan fingerprint density at radius 3 is 2.50 bits per heavy atom. The van der Waals surface area contributed by atoms with E-state index in [4.69, 9.17) is 0 Å². The summed E-state index contributed by atoms with van der Waals surface area (Å²) in [7, 11) is 1.62. The molecule has 0 aliphatic rings. The van der Waals surface area contributed by atoms with Crippen LogP contribution in [-0.4, -0.2) is 23.4 Å². The van der Waals surface area contributed by atoms with Gasteiger partial charge in [0, 0.05) is 25.2 Å². The fraction of sp³-hybridized carbons (Fsp3) is 0.158. The maximum atomic E-state index is 13.3. The highest BCUT2D eigenvalue weighted by molar-refractivity contribution is 5.65. The molecule has 1 heterocycles. The van der Waals surface area contributed by atoms with E-state index in [0.717, 1.165) is 0 Å². The summed E-state index contributed by atoms with van der Waals surface area (Å²) < 4.78 is 54.6. The van der Waals surface area contributed by atoms with Crippen LogP contribution < -0.4 is 15.4 Å². The summed E-state index contributed by atoms with van der Waals surface area (Å²) in [4.78, 5) is 8.53. The van der Waals surface area contributed by atoms with E-state index < -0.39 is 6.36 Å². The highest BCUT2D eigenvalue weighted by Gasteiger charge is 2.31. The zero-order valence-electron chi connectivity index (χ0n) is 14.7. The Balaban J connectivity index is 1.85. The lowest BCUT2D eigenvalue weighted by molar-refractivity contribution is -0.274. The van der Waals surface area contributed by atoms with Gasteiger partial charge in [0.1, 0.15) is 17.4 Å². The molecule has 0 aliphatic heterocycles. The summed E-state index contributed by atoms with van der Waals surface area (Å²) in [6, 6.07) is 13.2. The highest BCUT2D eigenvalue weighted by atomic mass is 19.4. The van der Waals surface area contributed by atoms with Crippen molar-refractivity contribution in [3.8, 4) is 17.0 Å². The van der Waals surface area contributed by atoms with Crippen LogP contribution in [0.5, 0.6) is 5.75 Å². The van der Waals surface area contributed by atoms with E-state index in [1.165, 1.54) is 30.3 Å². The van der Waals surface area contributed by atoms with Crippen molar-refractivity contribution in [3.05, 3.63) is 66.0 Å². The number of aromatic nitrogens is 2. The second kappa shape index (κ2) is 8.12. The predicted molar refractivity (Wildman–Crippen MR) is 97.4 cm³/mol. The Bertz CT molecular complexity index is 963. The molecule has 0 aliphatic carbocycles. The van der Waals surface area contributed by atoms with Crippen LogP contribution in [0.15, 0.2) is 54.6 Å². The minimum Gasteiger partial charge on any atom is -0.406 e. The van der Waals surface area contributed by atoms with E-state index in [-0.39, 0.29) is 17.5 Å². The average Bonchev–Trinajstić information content (AvgIpc) is 2.65. The molecule has 0 bridgehead atoms. The predicted octanol–water partition coefficient (Wildman–Crippen LogP) is 4.84. The molecule has 28 heavy (non-hydrogen) atoms. The molecule has 5 nitrogen and oxygen atoms in total. The number of hydrogen-bond donors (Lipinski definition) is 2. The van der Waals surface area contributed by atoms with Gasteiger partial charge in [0.25, 0.3) is 0 Å². The maximum Gasteiger partial charge on any atom is 0.573 e. The number of hydrogen-bond acceptors (Lipinski definition) is 5. The third kappa shape index (κ3) is 5.32. The quantitative estimate of drug-likeness (QED) is 0.588. The second-order valence-electron chi connectivity index (χ2n) is 5.77. The van der Waals surface area contributed by atoms with Crippen molar-refractivity contribution in [2.75, 3.05) is 17.7 Å². The molecule has 2 aromatic carbocycles. The van der Waals surface area contributed by atoms with Gasteiger partial charge in [-0.05, 0) is 29.8 Å². The fourth-order valence-corrected chi connectivity index (χ4v) is 2.49. The first-order valence-electron chi connectivity index (χ1n) is 8.24. The number of nitrogens with one attached hydrogen (secondary N) is 2. The lowest BCUT2D eigenvalue weighted by Gasteiger charge is -2.12. The molecule has 2 N–H and O–H groups in total. The van der Waals surface area contributed by atoms with Gasteiger partial charge in [-0.3, -0.25) is 0 Å². The molecule has 0 saturated heterocycles. The molecule has 9 heteroatoms. The molecule has 0 saturated carbocycles. The van der Waals surface area contributed by atoms with Crippen LogP contribution in [0.2, 0.25) is 0 Å². The van der Waals surface area contributed by atoms with Crippen LogP contribution in [0.4, 0.5) is 29.3 Å². The molecule has 0 amide bonds. The molecule has 3 rings (SSSR count). The largest absolute Gasteiger partial charge is 0.573 e. The first-order chi connectivity index (χ1) is 13.3. The Labute approximate surface area is 158 Å². The van der Waals surface area contributed by atoms with Crippen LogP contribution in [0, 0.1) is 5.82 Å². The van der Waals surface area contributed by atoms with Crippen LogP contribution in [0.3, 0.4) is 0 Å². The van der Waals surface area contributed by atoms with Crippen molar-refractivity contribution in [1.82, 2.24) is 9.97 Å². The number of halogens is 4. The first kappa shape index (κ1) is 19.4. The number of rotatable bonds is 6. The van der Waals surface area contributed by atoms with Gasteiger partial charge in [-0.15, -0.1) is 13.2 Å². The monoisotopic (exact) mass is 392 g/mol.